The van der Waals surface area contributed by atoms with Crippen LogP contribution in [0.25, 0.3) is 0 Å². The maximum absolute atomic E-state index is 12.5. The van der Waals surface area contributed by atoms with Crippen LogP contribution in [0.5, 0.6) is 0 Å². The summed E-state index contributed by atoms with van der Waals surface area (Å²) in [6.45, 7) is 9.86. The SMILES string of the molecule is C/C=C(/C)C(=O)O[C@@H]1c2c(C)coc2C[C@H]2CC[C@H](O)[C@H](C)[C@]21C. The summed E-state index contributed by atoms with van der Waals surface area (Å²) in [5.41, 5.74) is 2.34. The van der Waals surface area contributed by atoms with E-state index >= 15 is 0 Å². The van der Waals surface area contributed by atoms with Gasteiger partial charge in [0.1, 0.15) is 11.9 Å². The van der Waals surface area contributed by atoms with Crippen molar-refractivity contribution in [3.63, 3.8) is 0 Å². The number of fused-ring (bicyclic) bond motifs is 2. The van der Waals surface area contributed by atoms with Crippen molar-refractivity contribution in [2.75, 3.05) is 0 Å². The molecule has 0 saturated heterocycles. The Morgan fingerprint density at radius 1 is 1.46 bits per heavy atom. The summed E-state index contributed by atoms with van der Waals surface area (Å²) in [7, 11) is 0. The summed E-state index contributed by atoms with van der Waals surface area (Å²) in [5, 5.41) is 10.5. The number of aliphatic hydroxyl groups is 1. The van der Waals surface area contributed by atoms with E-state index in [-0.39, 0.29) is 29.5 Å². The summed E-state index contributed by atoms with van der Waals surface area (Å²) in [5.74, 6) is 1.05. The first-order chi connectivity index (χ1) is 11.3. The Labute approximate surface area is 143 Å². The van der Waals surface area contributed by atoms with Crippen LogP contribution in [0.2, 0.25) is 0 Å². The number of allylic oxidation sites excluding steroid dienone is 1. The van der Waals surface area contributed by atoms with E-state index < -0.39 is 0 Å². The summed E-state index contributed by atoms with van der Waals surface area (Å²) >= 11 is 0. The van der Waals surface area contributed by atoms with E-state index in [4.69, 9.17) is 9.15 Å². The van der Waals surface area contributed by atoms with Gasteiger partial charge in [-0.05, 0) is 51.0 Å². The molecule has 0 aliphatic heterocycles. The largest absolute Gasteiger partial charge is 0.469 e. The first-order valence-corrected chi connectivity index (χ1v) is 8.89. The van der Waals surface area contributed by atoms with Crippen molar-refractivity contribution in [1.29, 1.82) is 0 Å². The Morgan fingerprint density at radius 2 is 2.17 bits per heavy atom. The Balaban J connectivity index is 2.08. The molecular formula is C20H28O4. The first kappa shape index (κ1) is 17.3. The molecule has 1 saturated carbocycles. The highest BCUT2D eigenvalue weighted by Crippen LogP contribution is 2.59. The van der Waals surface area contributed by atoms with Crippen LogP contribution in [0.3, 0.4) is 0 Å². The summed E-state index contributed by atoms with van der Waals surface area (Å²) in [4.78, 5) is 12.5. The molecule has 132 valence electrons. The molecule has 1 aromatic heterocycles. The number of carbonyl (C=O) groups excluding carboxylic acids is 1. The number of carbonyl (C=O) groups is 1. The van der Waals surface area contributed by atoms with Crippen molar-refractivity contribution in [3.8, 4) is 0 Å². The molecule has 1 aromatic rings. The van der Waals surface area contributed by atoms with Crippen LogP contribution in [0.4, 0.5) is 0 Å². The van der Waals surface area contributed by atoms with E-state index in [1.165, 1.54) is 0 Å². The zero-order chi connectivity index (χ0) is 17.6. The van der Waals surface area contributed by atoms with Crippen molar-refractivity contribution in [1.82, 2.24) is 0 Å². The molecule has 0 aromatic carbocycles. The molecule has 0 spiro atoms. The maximum atomic E-state index is 12.5. The van der Waals surface area contributed by atoms with Crippen LogP contribution < -0.4 is 0 Å². The topological polar surface area (TPSA) is 59.7 Å². The fourth-order valence-corrected chi connectivity index (χ4v) is 4.55. The number of aliphatic hydroxyl groups excluding tert-OH is 1. The molecular weight excluding hydrogens is 304 g/mol. The average Bonchev–Trinajstić information content (AvgIpc) is 2.93. The Bertz CT molecular complexity index is 671. The van der Waals surface area contributed by atoms with Gasteiger partial charge in [-0.3, -0.25) is 0 Å². The lowest BCUT2D eigenvalue weighted by Gasteiger charge is -2.54. The van der Waals surface area contributed by atoms with Crippen molar-refractivity contribution >= 4 is 5.97 Å². The fourth-order valence-electron chi connectivity index (χ4n) is 4.55. The normalized spacial score (nSPS) is 36.0. The van der Waals surface area contributed by atoms with Crippen LogP contribution in [0.15, 0.2) is 22.3 Å². The number of esters is 1. The second-order valence-corrected chi connectivity index (χ2v) is 7.71. The molecule has 5 atom stereocenters. The van der Waals surface area contributed by atoms with Gasteiger partial charge in [0.05, 0.1) is 12.4 Å². The fraction of sp³-hybridized carbons (Fsp3) is 0.650. The Morgan fingerprint density at radius 3 is 2.83 bits per heavy atom. The van der Waals surface area contributed by atoms with Crippen molar-refractivity contribution in [2.45, 2.75) is 66.1 Å². The Hall–Kier alpha value is -1.55. The molecule has 1 N–H and O–H groups in total. The Kier molecular flexibility index (Phi) is 4.37. The molecule has 0 bridgehead atoms. The van der Waals surface area contributed by atoms with Gasteiger partial charge in [0.2, 0.25) is 0 Å². The zero-order valence-electron chi connectivity index (χ0n) is 15.3. The van der Waals surface area contributed by atoms with Crippen LogP contribution in [-0.2, 0) is 16.0 Å². The molecule has 4 nitrogen and oxygen atoms in total. The lowest BCUT2D eigenvalue weighted by Crippen LogP contribution is -2.52. The summed E-state index contributed by atoms with van der Waals surface area (Å²) in [6.07, 6.45) is 5.38. The predicted molar refractivity (Wildman–Crippen MR) is 91.4 cm³/mol. The lowest BCUT2D eigenvalue weighted by molar-refractivity contribution is -0.174. The lowest BCUT2D eigenvalue weighted by atomic mass is 9.53. The smallest absolute Gasteiger partial charge is 0.334 e. The minimum atomic E-state index is -0.377. The molecule has 0 amide bonds. The van der Waals surface area contributed by atoms with Crippen LogP contribution in [-0.4, -0.2) is 17.2 Å². The van der Waals surface area contributed by atoms with Gasteiger partial charge in [0.25, 0.3) is 0 Å². The van der Waals surface area contributed by atoms with Gasteiger partial charge in [0, 0.05) is 23.0 Å². The number of ether oxygens (including phenoxy) is 1. The molecule has 2 aliphatic carbocycles. The second-order valence-electron chi connectivity index (χ2n) is 7.71. The molecule has 1 fully saturated rings. The minimum absolute atomic E-state index is 0.0578. The molecule has 4 heteroatoms. The van der Waals surface area contributed by atoms with Gasteiger partial charge in [-0.1, -0.05) is 19.9 Å². The molecule has 0 unspecified atom stereocenters. The van der Waals surface area contributed by atoms with E-state index in [2.05, 4.69) is 13.8 Å². The highest BCUT2D eigenvalue weighted by atomic mass is 16.5. The number of hydrogen-bond donors (Lipinski definition) is 1. The van der Waals surface area contributed by atoms with Gasteiger partial charge in [0.15, 0.2) is 0 Å². The third kappa shape index (κ3) is 2.43. The highest BCUT2D eigenvalue weighted by molar-refractivity contribution is 5.87. The van der Waals surface area contributed by atoms with E-state index in [0.717, 1.165) is 36.1 Å². The number of hydrogen-bond acceptors (Lipinski definition) is 4. The number of aryl methyl sites for hydroxylation is 1. The predicted octanol–water partition coefficient (Wildman–Crippen LogP) is 4.11. The molecule has 1 heterocycles. The minimum Gasteiger partial charge on any atom is -0.469 e. The van der Waals surface area contributed by atoms with Gasteiger partial charge >= 0.3 is 5.97 Å². The van der Waals surface area contributed by atoms with Gasteiger partial charge in [-0.25, -0.2) is 4.79 Å². The van der Waals surface area contributed by atoms with Crippen LogP contribution in [0.1, 0.15) is 63.5 Å². The van der Waals surface area contributed by atoms with Gasteiger partial charge in [-0.15, -0.1) is 0 Å². The molecule has 24 heavy (non-hydrogen) atoms. The molecule has 3 rings (SSSR count). The van der Waals surface area contributed by atoms with E-state index in [1.54, 1.807) is 19.3 Å². The second kappa shape index (κ2) is 6.07. The van der Waals surface area contributed by atoms with Crippen LogP contribution >= 0.6 is 0 Å². The number of furan rings is 1. The maximum Gasteiger partial charge on any atom is 0.334 e. The van der Waals surface area contributed by atoms with E-state index in [0.29, 0.717) is 11.5 Å². The number of rotatable bonds is 2. The standard InChI is InChI=1S/C20H28O4/c1-6-11(2)19(22)24-18-17-12(3)10-23-16(17)9-14-7-8-15(21)13(4)20(14,18)5/h6,10,13-15,18,21H,7-9H2,1-5H3/b11-6-/t13-,14+,15-,18+,20+/m0/s1. The van der Waals surface area contributed by atoms with Gasteiger partial charge in [-0.2, -0.15) is 0 Å². The first-order valence-electron chi connectivity index (χ1n) is 8.89. The van der Waals surface area contributed by atoms with Gasteiger partial charge < -0.3 is 14.3 Å². The van der Waals surface area contributed by atoms with Crippen molar-refractivity contribution in [2.24, 2.45) is 17.3 Å². The van der Waals surface area contributed by atoms with E-state index in [1.807, 2.05) is 13.8 Å². The van der Waals surface area contributed by atoms with E-state index in [9.17, 15) is 9.90 Å². The zero-order valence-corrected chi connectivity index (χ0v) is 15.3. The molecule has 0 radical (unpaired) electrons. The van der Waals surface area contributed by atoms with Crippen LogP contribution in [0, 0.1) is 24.2 Å². The summed E-state index contributed by atoms with van der Waals surface area (Å²) < 4.78 is 11.8. The average molecular weight is 332 g/mol. The monoisotopic (exact) mass is 332 g/mol. The molecule has 2 aliphatic rings. The summed E-state index contributed by atoms with van der Waals surface area (Å²) in [6, 6.07) is 0. The quantitative estimate of drug-likeness (QED) is 0.654. The third-order valence-electron chi connectivity index (χ3n) is 6.59. The van der Waals surface area contributed by atoms with Crippen molar-refractivity contribution in [3.05, 3.63) is 34.8 Å². The highest BCUT2D eigenvalue weighted by Gasteiger charge is 2.56. The third-order valence-corrected chi connectivity index (χ3v) is 6.59. The van der Waals surface area contributed by atoms with Crippen molar-refractivity contribution < 1.29 is 19.1 Å².